The number of aromatic nitrogens is 2. The third-order valence-electron chi connectivity index (χ3n) is 7.11. The van der Waals surface area contributed by atoms with Crippen LogP contribution in [0.5, 0.6) is 0 Å². The van der Waals surface area contributed by atoms with Gasteiger partial charge in [-0.25, -0.2) is 0 Å². The minimum atomic E-state index is -0.0297. The predicted molar refractivity (Wildman–Crippen MR) is 121 cm³/mol. The van der Waals surface area contributed by atoms with E-state index in [9.17, 15) is 0 Å². The summed E-state index contributed by atoms with van der Waals surface area (Å²) in [7, 11) is 0. The Labute approximate surface area is 191 Å². The van der Waals surface area contributed by atoms with Crippen LogP contribution in [-0.4, -0.2) is 8.53 Å². The molecule has 2 aromatic rings. The van der Waals surface area contributed by atoms with Gasteiger partial charge in [-0.2, -0.15) is 0 Å². The summed E-state index contributed by atoms with van der Waals surface area (Å²) in [5.74, 6) is 1.32. The first-order valence-corrected chi connectivity index (χ1v) is 13.4. The van der Waals surface area contributed by atoms with Gasteiger partial charge in [0.05, 0.1) is 0 Å². The quantitative estimate of drug-likeness (QED) is 0.266. The summed E-state index contributed by atoms with van der Waals surface area (Å²) < 4.78 is 2.97. The standard InChI is InChI=1S/C26H34IN3/c1-10-25-17-15-19(23(4,5)6)28-18-12-13-29-20(24(7,8)9)14-16(3)30(22(29)21(17)18)26(25,11-2)27-25/h12-15H,3,10-11H2,1-2,4-9H3. The van der Waals surface area contributed by atoms with Crippen LogP contribution in [-0.2, 0) is 8.84 Å². The van der Waals surface area contributed by atoms with Gasteiger partial charge in [0.15, 0.2) is 0 Å². The molecule has 3 aliphatic heterocycles. The zero-order valence-electron chi connectivity index (χ0n) is 19.7. The van der Waals surface area contributed by atoms with Gasteiger partial charge in [-0.05, 0) is 0 Å². The molecular formula is C26H34IN3. The second kappa shape index (κ2) is 5.87. The van der Waals surface area contributed by atoms with Crippen LogP contribution in [0.1, 0.15) is 79.5 Å². The van der Waals surface area contributed by atoms with Gasteiger partial charge in [0.25, 0.3) is 0 Å². The van der Waals surface area contributed by atoms with Crippen molar-refractivity contribution in [3.8, 4) is 0 Å². The van der Waals surface area contributed by atoms with E-state index >= 15 is 0 Å². The summed E-state index contributed by atoms with van der Waals surface area (Å²) >= 11 is -0.0297. The number of nitrogens with zero attached hydrogens (tertiary/aromatic N) is 3. The van der Waals surface area contributed by atoms with Crippen LogP contribution in [0.4, 0.5) is 5.82 Å². The molecule has 0 spiro atoms. The second-order valence-corrected chi connectivity index (χ2v) is 15.2. The maximum absolute atomic E-state index is 5.19. The molecular weight excluding hydrogens is 481 g/mol. The molecule has 160 valence electrons. The molecule has 1 fully saturated rings. The van der Waals surface area contributed by atoms with E-state index in [1.807, 2.05) is 0 Å². The third kappa shape index (κ3) is 2.32. The third-order valence-corrected chi connectivity index (χ3v) is 12.8. The van der Waals surface area contributed by atoms with E-state index in [0.29, 0.717) is 3.42 Å². The number of hydrogen-bond donors (Lipinski definition) is 0. The molecule has 0 bridgehead atoms. The van der Waals surface area contributed by atoms with Crippen molar-refractivity contribution in [2.45, 2.75) is 80.6 Å². The van der Waals surface area contributed by atoms with E-state index in [1.165, 1.54) is 35.4 Å². The van der Waals surface area contributed by atoms with Crippen molar-refractivity contribution in [3.63, 3.8) is 0 Å². The fourth-order valence-corrected chi connectivity index (χ4v) is 10.5. The number of halogens is 1. The molecule has 2 unspecified atom stereocenters. The first-order chi connectivity index (χ1) is 13.9. The molecule has 0 amide bonds. The van der Waals surface area contributed by atoms with Crippen molar-refractivity contribution in [3.05, 3.63) is 47.9 Å². The summed E-state index contributed by atoms with van der Waals surface area (Å²) in [6.07, 6.45) is 6.96. The number of fused-ring (bicyclic) bond motifs is 3. The number of rotatable bonds is 2. The van der Waals surface area contributed by atoms with Crippen LogP contribution < -0.4 is 30.7 Å². The Kier molecular flexibility index (Phi) is 4.01. The molecule has 3 aliphatic rings. The summed E-state index contributed by atoms with van der Waals surface area (Å²) in [4.78, 5) is 7.82. The van der Waals surface area contributed by atoms with Gasteiger partial charge >= 0.3 is 192 Å². The van der Waals surface area contributed by atoms with Gasteiger partial charge in [0.1, 0.15) is 0 Å². The molecule has 0 aromatic carbocycles. The summed E-state index contributed by atoms with van der Waals surface area (Å²) in [6.45, 7) is 23.1. The number of hydrogen-bond acceptors (Lipinski definition) is 2. The first kappa shape index (κ1) is 20.5. The van der Waals surface area contributed by atoms with E-state index in [2.05, 4.69) is 95.8 Å². The molecule has 0 aliphatic carbocycles. The Morgan fingerprint density at radius 2 is 1.80 bits per heavy atom. The summed E-state index contributed by atoms with van der Waals surface area (Å²) in [5, 5.41) is 1.37. The zero-order valence-corrected chi connectivity index (χ0v) is 21.8. The number of pyridine rings is 2. The normalized spacial score (nSPS) is 27.5. The molecule has 30 heavy (non-hydrogen) atoms. The van der Waals surface area contributed by atoms with E-state index in [-0.39, 0.29) is 35.6 Å². The van der Waals surface area contributed by atoms with Crippen molar-refractivity contribution in [2.75, 3.05) is 4.90 Å². The molecule has 0 radical (unpaired) electrons. The SMILES string of the molecule is C=C1C=C(C(C)(C)C)[n+]2ccc3nc(C(C)(C)C)cc4c3c2N1C1(CC)[I-]C41CC. The molecule has 0 N–H and O–H groups in total. The van der Waals surface area contributed by atoms with Crippen molar-refractivity contribution < 1.29 is 25.8 Å². The average Bonchev–Trinajstić information content (AvgIpc) is 3.36. The monoisotopic (exact) mass is 515 g/mol. The van der Waals surface area contributed by atoms with Crippen LogP contribution in [0.2, 0.25) is 0 Å². The Morgan fingerprint density at radius 3 is 2.37 bits per heavy atom. The molecule has 2 atom stereocenters. The van der Waals surface area contributed by atoms with Crippen molar-refractivity contribution in [2.24, 2.45) is 5.41 Å². The van der Waals surface area contributed by atoms with Crippen LogP contribution >= 0.6 is 0 Å². The average molecular weight is 515 g/mol. The first-order valence-electron chi connectivity index (χ1n) is 11.2. The molecule has 5 heterocycles. The minimum absolute atomic E-state index is 0.0297. The van der Waals surface area contributed by atoms with Crippen molar-refractivity contribution >= 4 is 22.4 Å². The van der Waals surface area contributed by atoms with E-state index < -0.39 is 0 Å². The van der Waals surface area contributed by atoms with Crippen LogP contribution in [0.3, 0.4) is 0 Å². The van der Waals surface area contributed by atoms with Crippen LogP contribution in [0, 0.1) is 5.41 Å². The molecule has 1 saturated heterocycles. The van der Waals surface area contributed by atoms with Gasteiger partial charge < -0.3 is 0 Å². The van der Waals surface area contributed by atoms with Gasteiger partial charge in [0, 0.05) is 0 Å². The number of alkyl halides is 2. The van der Waals surface area contributed by atoms with Crippen LogP contribution in [0.25, 0.3) is 16.6 Å². The molecule has 4 heteroatoms. The Hall–Kier alpha value is -1.43. The van der Waals surface area contributed by atoms with Crippen molar-refractivity contribution in [1.29, 1.82) is 0 Å². The van der Waals surface area contributed by atoms with Gasteiger partial charge in [-0.3, -0.25) is 0 Å². The van der Waals surface area contributed by atoms with E-state index in [4.69, 9.17) is 4.98 Å². The number of anilines is 1. The molecule has 3 nitrogen and oxygen atoms in total. The topological polar surface area (TPSA) is 20.0 Å². The maximum atomic E-state index is 5.19. The fraction of sp³-hybridized carbons (Fsp3) is 0.538. The molecule has 5 rings (SSSR count). The Bertz CT molecular complexity index is 1150. The van der Waals surface area contributed by atoms with Crippen molar-refractivity contribution in [1.82, 2.24) is 4.98 Å². The second-order valence-electron chi connectivity index (χ2n) is 11.0. The van der Waals surface area contributed by atoms with Gasteiger partial charge in [-0.15, -0.1) is 0 Å². The van der Waals surface area contributed by atoms with Gasteiger partial charge in [-0.1, -0.05) is 0 Å². The fourth-order valence-electron chi connectivity index (χ4n) is 5.52. The molecule has 0 saturated carbocycles. The van der Waals surface area contributed by atoms with E-state index in [0.717, 1.165) is 11.2 Å². The Morgan fingerprint density at radius 1 is 1.10 bits per heavy atom. The van der Waals surface area contributed by atoms with Crippen LogP contribution in [0.15, 0.2) is 36.7 Å². The van der Waals surface area contributed by atoms with E-state index in [1.54, 1.807) is 5.56 Å². The molecule has 2 aromatic heterocycles. The van der Waals surface area contributed by atoms with Gasteiger partial charge in [0.2, 0.25) is 0 Å². The number of allylic oxidation sites excluding steroid dienone is 2. The summed E-state index contributed by atoms with van der Waals surface area (Å²) in [6, 6.07) is 4.71. The zero-order chi connectivity index (χ0) is 21.9. The summed E-state index contributed by atoms with van der Waals surface area (Å²) in [5.41, 5.74) is 6.50. The Balaban J connectivity index is 1.95. The predicted octanol–water partition coefficient (Wildman–Crippen LogP) is 2.87.